The lowest BCUT2D eigenvalue weighted by atomic mass is 9.91. The van der Waals surface area contributed by atoms with Gasteiger partial charge >= 0.3 is 18.4 Å². The SMILES string of the molecule is Cc1cc(F)ccc1C1[C@H](CO)CCN1C(=O)N(C)C(C)c1cc(C(F)(F)F)cc(C(F)(F)F)c1. The monoisotopic (exact) mass is 506 g/mol. The molecule has 1 aliphatic rings. The van der Waals surface area contributed by atoms with Gasteiger partial charge in [0.05, 0.1) is 23.2 Å². The molecule has 4 nitrogen and oxygen atoms in total. The first-order valence-electron chi connectivity index (χ1n) is 10.8. The van der Waals surface area contributed by atoms with Gasteiger partial charge in [-0.3, -0.25) is 0 Å². The zero-order valence-corrected chi connectivity index (χ0v) is 19.2. The first-order chi connectivity index (χ1) is 16.1. The van der Waals surface area contributed by atoms with E-state index in [0.717, 1.165) is 4.90 Å². The number of amides is 2. The third-order valence-electron chi connectivity index (χ3n) is 6.53. The van der Waals surface area contributed by atoms with Gasteiger partial charge in [0.1, 0.15) is 5.82 Å². The van der Waals surface area contributed by atoms with Gasteiger partial charge in [0.2, 0.25) is 0 Å². The van der Waals surface area contributed by atoms with Crippen LogP contribution in [0.4, 0.5) is 35.5 Å². The van der Waals surface area contributed by atoms with E-state index in [1.165, 1.54) is 37.1 Å². The van der Waals surface area contributed by atoms with Gasteiger partial charge in [-0.2, -0.15) is 26.3 Å². The fourth-order valence-electron chi connectivity index (χ4n) is 4.47. The summed E-state index contributed by atoms with van der Waals surface area (Å²) in [6.07, 6.45) is -9.59. The van der Waals surface area contributed by atoms with Crippen molar-refractivity contribution < 1.29 is 40.6 Å². The molecular weight excluding hydrogens is 481 g/mol. The van der Waals surface area contributed by atoms with Gasteiger partial charge in [0, 0.05) is 26.1 Å². The Labute approximate surface area is 197 Å². The van der Waals surface area contributed by atoms with Crippen LogP contribution in [0.2, 0.25) is 0 Å². The first-order valence-corrected chi connectivity index (χ1v) is 10.8. The van der Waals surface area contributed by atoms with Gasteiger partial charge in [-0.1, -0.05) is 6.07 Å². The van der Waals surface area contributed by atoms with E-state index in [9.17, 15) is 40.6 Å². The molecule has 1 N–H and O–H groups in total. The number of urea groups is 1. The topological polar surface area (TPSA) is 43.8 Å². The summed E-state index contributed by atoms with van der Waals surface area (Å²) >= 11 is 0. The molecule has 1 saturated heterocycles. The number of hydrogen-bond acceptors (Lipinski definition) is 2. The second-order valence-electron chi connectivity index (χ2n) is 8.78. The Morgan fingerprint density at radius 2 is 1.66 bits per heavy atom. The van der Waals surface area contributed by atoms with Crippen LogP contribution in [0.5, 0.6) is 0 Å². The van der Waals surface area contributed by atoms with E-state index < -0.39 is 47.4 Å². The number of benzene rings is 2. The molecule has 192 valence electrons. The Morgan fingerprint density at radius 3 is 2.14 bits per heavy atom. The molecule has 11 heteroatoms. The molecule has 2 aromatic carbocycles. The molecule has 0 aromatic heterocycles. The van der Waals surface area contributed by atoms with Crippen molar-refractivity contribution in [2.75, 3.05) is 20.2 Å². The molecule has 0 bridgehead atoms. The lowest BCUT2D eigenvalue weighted by Crippen LogP contribution is -2.43. The minimum atomic E-state index is -5.01. The van der Waals surface area contributed by atoms with Crippen molar-refractivity contribution in [1.29, 1.82) is 0 Å². The second kappa shape index (κ2) is 9.67. The van der Waals surface area contributed by atoms with Crippen molar-refractivity contribution in [3.8, 4) is 0 Å². The van der Waals surface area contributed by atoms with Crippen LogP contribution in [0, 0.1) is 18.7 Å². The highest BCUT2D eigenvalue weighted by atomic mass is 19.4. The quantitative estimate of drug-likeness (QED) is 0.492. The largest absolute Gasteiger partial charge is 0.416 e. The van der Waals surface area contributed by atoms with Gasteiger partial charge in [-0.05, 0) is 67.3 Å². The number of aliphatic hydroxyl groups excluding tert-OH is 1. The van der Waals surface area contributed by atoms with Crippen LogP contribution in [-0.4, -0.2) is 41.1 Å². The second-order valence-corrected chi connectivity index (χ2v) is 8.78. The number of likely N-dealkylation sites (tertiary alicyclic amines) is 1. The van der Waals surface area contributed by atoms with Gasteiger partial charge in [0.25, 0.3) is 0 Å². The van der Waals surface area contributed by atoms with Crippen molar-refractivity contribution in [3.05, 3.63) is 70.0 Å². The molecule has 3 atom stereocenters. The van der Waals surface area contributed by atoms with Gasteiger partial charge < -0.3 is 14.9 Å². The minimum Gasteiger partial charge on any atom is -0.396 e. The Morgan fingerprint density at radius 1 is 1.09 bits per heavy atom. The van der Waals surface area contributed by atoms with Crippen molar-refractivity contribution in [3.63, 3.8) is 0 Å². The fourth-order valence-corrected chi connectivity index (χ4v) is 4.47. The van der Waals surface area contributed by atoms with Crippen LogP contribution in [0.3, 0.4) is 0 Å². The van der Waals surface area contributed by atoms with Crippen LogP contribution < -0.4 is 0 Å². The number of nitrogens with zero attached hydrogens (tertiary/aromatic N) is 2. The summed E-state index contributed by atoms with van der Waals surface area (Å²) in [5.41, 5.74) is -2.09. The summed E-state index contributed by atoms with van der Waals surface area (Å²) in [5.74, 6) is -0.837. The Balaban J connectivity index is 1.96. The zero-order valence-electron chi connectivity index (χ0n) is 19.2. The van der Waals surface area contributed by atoms with Gasteiger partial charge in [0.15, 0.2) is 0 Å². The van der Waals surface area contributed by atoms with E-state index >= 15 is 0 Å². The predicted molar refractivity (Wildman–Crippen MR) is 114 cm³/mol. The summed E-state index contributed by atoms with van der Waals surface area (Å²) in [7, 11) is 1.29. The predicted octanol–water partition coefficient (Wildman–Crippen LogP) is 6.34. The lowest BCUT2D eigenvalue weighted by Gasteiger charge is -2.35. The van der Waals surface area contributed by atoms with Crippen molar-refractivity contribution >= 4 is 6.03 Å². The van der Waals surface area contributed by atoms with E-state index in [4.69, 9.17) is 0 Å². The normalized spacial score (nSPS) is 19.7. The van der Waals surface area contributed by atoms with Gasteiger partial charge in [-0.15, -0.1) is 0 Å². The lowest BCUT2D eigenvalue weighted by molar-refractivity contribution is -0.143. The van der Waals surface area contributed by atoms with Crippen molar-refractivity contribution in [1.82, 2.24) is 9.80 Å². The van der Waals surface area contributed by atoms with Crippen molar-refractivity contribution in [2.24, 2.45) is 5.92 Å². The smallest absolute Gasteiger partial charge is 0.396 e. The molecule has 1 fully saturated rings. The third kappa shape index (κ3) is 5.55. The highest BCUT2D eigenvalue weighted by molar-refractivity contribution is 5.76. The average Bonchev–Trinajstić information content (AvgIpc) is 3.19. The summed E-state index contributed by atoms with van der Waals surface area (Å²) in [6, 6.07) is 2.88. The molecule has 35 heavy (non-hydrogen) atoms. The number of carbonyl (C=O) groups is 1. The molecule has 0 radical (unpaired) electrons. The van der Waals surface area contributed by atoms with E-state index in [1.54, 1.807) is 6.92 Å². The number of hydrogen-bond donors (Lipinski definition) is 1. The molecule has 0 spiro atoms. The highest BCUT2D eigenvalue weighted by Crippen LogP contribution is 2.41. The molecule has 2 unspecified atom stereocenters. The first kappa shape index (κ1) is 26.8. The number of alkyl halides is 6. The van der Waals surface area contributed by atoms with Crippen LogP contribution in [0.15, 0.2) is 36.4 Å². The van der Waals surface area contributed by atoms with E-state index in [-0.39, 0.29) is 30.7 Å². The van der Waals surface area contributed by atoms with E-state index in [0.29, 0.717) is 29.7 Å². The average molecular weight is 506 g/mol. The van der Waals surface area contributed by atoms with Gasteiger partial charge in [-0.25, -0.2) is 9.18 Å². The summed E-state index contributed by atoms with van der Waals surface area (Å²) < 4.78 is 93.3. The number of aryl methyl sites for hydroxylation is 1. The molecule has 1 heterocycles. The zero-order chi connectivity index (χ0) is 26.3. The molecule has 3 rings (SSSR count). The molecular formula is C24H25F7N2O2. The van der Waals surface area contributed by atoms with E-state index in [1.807, 2.05) is 0 Å². The maximum absolute atomic E-state index is 13.6. The molecule has 0 saturated carbocycles. The Bertz CT molecular complexity index is 1050. The maximum atomic E-state index is 13.6. The van der Waals surface area contributed by atoms with Crippen LogP contribution in [-0.2, 0) is 12.4 Å². The number of aliphatic hydroxyl groups is 1. The highest BCUT2D eigenvalue weighted by Gasteiger charge is 2.41. The summed E-state index contributed by atoms with van der Waals surface area (Å²) in [4.78, 5) is 15.9. The number of rotatable bonds is 4. The Hall–Kier alpha value is -2.82. The van der Waals surface area contributed by atoms with Crippen molar-refractivity contribution in [2.45, 2.75) is 44.7 Å². The number of carbonyl (C=O) groups excluding carboxylic acids is 1. The maximum Gasteiger partial charge on any atom is 0.416 e. The Kier molecular flexibility index (Phi) is 7.40. The molecule has 1 aliphatic heterocycles. The molecule has 2 aromatic rings. The third-order valence-corrected chi connectivity index (χ3v) is 6.53. The molecule has 0 aliphatic carbocycles. The van der Waals surface area contributed by atoms with Crippen LogP contribution in [0.1, 0.15) is 53.2 Å². The van der Waals surface area contributed by atoms with E-state index in [2.05, 4.69) is 0 Å². The molecule has 2 amide bonds. The fraction of sp³-hybridized carbons (Fsp3) is 0.458. The summed E-state index contributed by atoms with van der Waals surface area (Å²) in [6.45, 7) is 2.94. The number of halogens is 7. The van der Waals surface area contributed by atoms with Crippen LogP contribution >= 0.6 is 0 Å². The van der Waals surface area contributed by atoms with Crippen LogP contribution in [0.25, 0.3) is 0 Å². The standard InChI is InChI=1S/C24H25F7N2O2/c1-13-8-19(25)4-5-20(13)21-15(12-34)6-7-33(21)22(35)32(3)14(2)16-9-17(23(26,27)28)11-18(10-16)24(29,30)31/h4-5,8-11,14-15,21,34H,6-7,12H2,1-3H3/t14?,15-,21?/m0/s1. The summed E-state index contributed by atoms with van der Waals surface area (Å²) in [5, 5.41) is 9.84. The minimum absolute atomic E-state index is 0.0394.